The fraction of sp³-hybridized carbons (Fsp3) is 0.105. The molecule has 2 N–H and O–H groups in total. The van der Waals surface area contributed by atoms with Crippen molar-refractivity contribution in [3.8, 4) is 17.2 Å². The maximum atomic E-state index is 13.8. The number of rotatable bonds is 6. The second-order valence-electron chi connectivity index (χ2n) is 8.02. The summed E-state index contributed by atoms with van der Waals surface area (Å²) in [7, 11) is 5.04. The van der Waals surface area contributed by atoms with Crippen LogP contribution >= 0.6 is 11.6 Å². The number of alkyl halides is 3. The molecule has 0 spiro atoms. The Bertz CT molecular complexity index is 1300. The molecule has 0 aliphatic carbocycles. The predicted molar refractivity (Wildman–Crippen MR) is 125 cm³/mol. The van der Waals surface area contributed by atoms with Gasteiger partial charge in [0, 0.05) is 17.4 Å². The van der Waals surface area contributed by atoms with E-state index in [1.54, 1.807) is 23.5 Å². The summed E-state index contributed by atoms with van der Waals surface area (Å²) in [5.74, 6) is -2.37. The van der Waals surface area contributed by atoms with Gasteiger partial charge in [0.05, 0.1) is 28.0 Å². The number of amides is 1. The summed E-state index contributed by atoms with van der Waals surface area (Å²) in [5, 5.41) is 6.44. The van der Waals surface area contributed by atoms with E-state index in [1.807, 2.05) is 0 Å². The summed E-state index contributed by atoms with van der Waals surface area (Å²) in [6, 6.07) is 5.53. The van der Waals surface area contributed by atoms with Gasteiger partial charge < -0.3 is 14.8 Å². The van der Waals surface area contributed by atoms with Gasteiger partial charge in [0.1, 0.15) is 35.1 Å². The number of H-pyrrole nitrogens is 1. The molecule has 0 bridgehead atoms. The smallest absolute Gasteiger partial charge is 0.417 e. The third kappa shape index (κ3) is 6.34. The fourth-order valence-corrected chi connectivity index (χ4v) is 3.04. The van der Waals surface area contributed by atoms with Gasteiger partial charge in [-0.15, -0.1) is 0 Å². The molecule has 174 valence electrons. The highest BCUT2D eigenvalue weighted by Crippen LogP contribution is 2.41. The summed E-state index contributed by atoms with van der Waals surface area (Å²) in [5.41, 5.74) is -2.27. The molecule has 0 aliphatic heterocycles. The number of nitrogens with zero attached hydrogens (tertiary/aromatic N) is 1. The lowest BCUT2D eigenvalue weighted by Crippen LogP contribution is -2.37. The summed E-state index contributed by atoms with van der Waals surface area (Å²) in [6.45, 7) is 0. The Morgan fingerprint density at radius 1 is 1.06 bits per heavy atom. The van der Waals surface area contributed by atoms with Crippen molar-refractivity contribution in [2.45, 2.75) is 11.5 Å². The predicted octanol–water partition coefficient (Wildman–Crippen LogP) is 1.52. The fourth-order valence-electron chi connectivity index (χ4n) is 2.77. The number of hydrogen-bond acceptors (Lipinski definition) is 5. The lowest BCUT2D eigenvalue weighted by Gasteiger charge is -2.24. The van der Waals surface area contributed by atoms with Crippen molar-refractivity contribution in [1.29, 1.82) is 0 Å². The molecule has 1 aromatic heterocycles. The van der Waals surface area contributed by atoms with Crippen LogP contribution in [0, 0.1) is 5.82 Å². The molecule has 0 atom stereocenters. The number of anilines is 1. The minimum Gasteiger partial charge on any atom is -0.510 e. The van der Waals surface area contributed by atoms with Crippen LogP contribution < -0.4 is 20.3 Å². The van der Waals surface area contributed by atoms with E-state index in [0.717, 1.165) is 36.5 Å². The number of aromatic amines is 1. The minimum absolute atomic E-state index is 0.0192. The zero-order valence-electron chi connectivity index (χ0n) is 18.0. The molecule has 3 rings (SSSR count). The number of aromatic nitrogens is 2. The van der Waals surface area contributed by atoms with Crippen LogP contribution in [0.15, 0.2) is 47.4 Å². The third-order valence-corrected chi connectivity index (χ3v) is 4.40. The van der Waals surface area contributed by atoms with Gasteiger partial charge >= 0.3 is 6.18 Å². The van der Waals surface area contributed by atoms with Gasteiger partial charge in [-0.2, -0.15) is 18.3 Å². The van der Waals surface area contributed by atoms with Crippen molar-refractivity contribution in [2.24, 2.45) is 0 Å². The number of benzene rings is 2. The molecular formula is C19H15B3ClF4N3O4. The topological polar surface area (TPSA) is 93.3 Å². The second kappa shape index (κ2) is 9.45. The van der Waals surface area contributed by atoms with Crippen molar-refractivity contribution < 1.29 is 31.8 Å². The average molecular weight is 493 g/mol. The van der Waals surface area contributed by atoms with E-state index in [9.17, 15) is 27.2 Å². The third-order valence-electron chi connectivity index (χ3n) is 4.08. The molecule has 0 aliphatic rings. The van der Waals surface area contributed by atoms with Crippen LogP contribution in [0.2, 0.25) is 5.02 Å². The van der Waals surface area contributed by atoms with Crippen LogP contribution in [0.4, 0.5) is 23.2 Å². The molecule has 0 radical (unpaired) electrons. The Hall–Kier alpha value is -3.41. The first-order valence-corrected chi connectivity index (χ1v) is 10.0. The molecule has 0 fully saturated rings. The van der Waals surface area contributed by atoms with Crippen LogP contribution in [0.25, 0.3) is 0 Å². The van der Waals surface area contributed by atoms with Gasteiger partial charge in [0.25, 0.3) is 11.5 Å². The van der Waals surface area contributed by atoms with Crippen LogP contribution in [-0.2, 0) is 6.18 Å². The lowest BCUT2D eigenvalue weighted by molar-refractivity contribution is -0.137. The van der Waals surface area contributed by atoms with Gasteiger partial charge in [-0.3, -0.25) is 9.59 Å². The number of nitrogens with one attached hydrogen (secondary N) is 2. The standard InChI is InChI=1S/C19H15B3ClF4N3O4/c20-19(21,22)34-15-3-8(24)1-2-13(15)33-14-6-11(18(25,26)27)12(23)5-10(14)17(32)29-9-4-16(31)30-28-7-9/h1-7H,20-22H2,(H2,29,30,31,32). The first-order chi connectivity index (χ1) is 15.7. The van der Waals surface area contributed by atoms with E-state index >= 15 is 0 Å². The Balaban J connectivity index is 2.10. The van der Waals surface area contributed by atoms with Gasteiger partial charge in [-0.25, -0.2) is 9.49 Å². The normalized spacial score (nSPS) is 11.7. The van der Waals surface area contributed by atoms with E-state index in [0.29, 0.717) is 6.07 Å². The molecule has 34 heavy (non-hydrogen) atoms. The maximum Gasteiger partial charge on any atom is 0.417 e. The lowest BCUT2D eigenvalue weighted by atomic mass is 9.52. The SMILES string of the molecule is BC(B)(B)Oc1cc(F)ccc1Oc1cc(C(F)(F)F)c(Cl)cc1C(=O)Nc1cn[nH]c(=O)c1. The van der Waals surface area contributed by atoms with E-state index in [-0.39, 0.29) is 22.7 Å². The number of carbonyl (C=O) groups is 1. The Morgan fingerprint density at radius 3 is 2.38 bits per heavy atom. The molecule has 2 aromatic carbocycles. The molecule has 7 nitrogen and oxygen atoms in total. The van der Waals surface area contributed by atoms with Gasteiger partial charge in [0.2, 0.25) is 0 Å². The van der Waals surface area contributed by atoms with E-state index in [4.69, 9.17) is 21.1 Å². The zero-order chi connectivity index (χ0) is 25.3. The van der Waals surface area contributed by atoms with Crippen LogP contribution in [-0.4, -0.2) is 44.9 Å². The molecule has 1 heterocycles. The van der Waals surface area contributed by atoms with Crippen LogP contribution in [0.5, 0.6) is 17.2 Å². The summed E-state index contributed by atoms with van der Waals surface area (Å²) >= 11 is 5.80. The number of halogens is 5. The summed E-state index contributed by atoms with van der Waals surface area (Å²) < 4.78 is 65.5. The van der Waals surface area contributed by atoms with E-state index in [1.165, 1.54) is 0 Å². The van der Waals surface area contributed by atoms with Gasteiger partial charge in [0.15, 0.2) is 11.5 Å². The molecule has 0 saturated heterocycles. The van der Waals surface area contributed by atoms with E-state index in [2.05, 4.69) is 15.5 Å². The Morgan fingerprint density at radius 2 is 1.76 bits per heavy atom. The van der Waals surface area contributed by atoms with Crippen LogP contribution in [0.3, 0.4) is 0 Å². The number of ether oxygens (including phenoxy) is 2. The van der Waals surface area contributed by atoms with Crippen molar-refractivity contribution in [2.75, 3.05) is 5.32 Å². The monoisotopic (exact) mass is 493 g/mol. The maximum absolute atomic E-state index is 13.8. The molecule has 15 heteroatoms. The summed E-state index contributed by atoms with van der Waals surface area (Å²) in [4.78, 5) is 24.3. The highest BCUT2D eigenvalue weighted by atomic mass is 35.5. The molecule has 0 saturated carbocycles. The average Bonchev–Trinajstić information content (AvgIpc) is 2.68. The molecular weight excluding hydrogens is 478 g/mol. The van der Waals surface area contributed by atoms with Crippen LogP contribution in [0.1, 0.15) is 15.9 Å². The quantitative estimate of drug-likeness (QED) is 0.402. The van der Waals surface area contributed by atoms with Gasteiger partial charge in [-0.1, -0.05) is 11.6 Å². The van der Waals surface area contributed by atoms with Gasteiger partial charge in [-0.05, 0) is 24.3 Å². The van der Waals surface area contributed by atoms with Crippen molar-refractivity contribution in [3.05, 3.63) is 74.9 Å². The highest BCUT2D eigenvalue weighted by Gasteiger charge is 2.35. The first kappa shape index (κ1) is 25.2. The second-order valence-corrected chi connectivity index (χ2v) is 8.43. The van der Waals surface area contributed by atoms with Crippen molar-refractivity contribution >= 4 is 46.7 Å². The molecule has 1 amide bonds. The number of carbonyl (C=O) groups excluding carboxylic acids is 1. The van der Waals surface area contributed by atoms with Crippen molar-refractivity contribution in [3.63, 3.8) is 0 Å². The van der Waals surface area contributed by atoms with Crippen molar-refractivity contribution in [1.82, 2.24) is 10.2 Å². The highest BCUT2D eigenvalue weighted by molar-refractivity contribution is 6.58. The Labute approximate surface area is 198 Å². The first-order valence-electron chi connectivity index (χ1n) is 9.66. The molecule has 0 unspecified atom stereocenters. The zero-order valence-corrected chi connectivity index (χ0v) is 18.8. The largest absolute Gasteiger partial charge is 0.510 e. The summed E-state index contributed by atoms with van der Waals surface area (Å²) in [6.07, 6.45) is -3.73. The Kier molecular flexibility index (Phi) is 7.01. The molecule has 3 aromatic rings. The number of hydrogen-bond donors (Lipinski definition) is 2. The minimum atomic E-state index is -4.85. The van der Waals surface area contributed by atoms with E-state index < -0.39 is 45.1 Å².